The molecule has 0 spiro atoms. The minimum Gasteiger partial charge on any atom is -0.345 e. The van der Waals surface area contributed by atoms with E-state index in [1.165, 1.54) is 17.5 Å². The van der Waals surface area contributed by atoms with Gasteiger partial charge in [0.25, 0.3) is 5.91 Å². The van der Waals surface area contributed by atoms with Crippen LogP contribution in [0.1, 0.15) is 65.5 Å². The fourth-order valence-corrected chi connectivity index (χ4v) is 4.77. The van der Waals surface area contributed by atoms with Crippen molar-refractivity contribution in [3.05, 3.63) is 76.9 Å². The summed E-state index contributed by atoms with van der Waals surface area (Å²) >= 11 is 0. The van der Waals surface area contributed by atoms with E-state index in [9.17, 15) is 4.79 Å². The molecule has 0 fully saturated rings. The molecular formula is C25H26N4O. The van der Waals surface area contributed by atoms with Crippen molar-refractivity contribution >= 4 is 5.91 Å². The van der Waals surface area contributed by atoms with E-state index < -0.39 is 0 Å². The molecule has 5 heteroatoms. The number of aryl methyl sites for hydroxylation is 2. The Kier molecular flexibility index (Phi) is 4.61. The number of hydrogen-bond acceptors (Lipinski definition) is 4. The Morgan fingerprint density at radius 2 is 1.90 bits per heavy atom. The van der Waals surface area contributed by atoms with E-state index in [0.29, 0.717) is 5.82 Å². The van der Waals surface area contributed by atoms with E-state index in [1.807, 2.05) is 24.4 Å². The molecule has 1 unspecified atom stereocenters. The molecule has 2 aliphatic carbocycles. The molecule has 2 aromatic heterocycles. The van der Waals surface area contributed by atoms with Crippen LogP contribution in [0, 0.1) is 5.41 Å². The van der Waals surface area contributed by atoms with Crippen LogP contribution in [-0.4, -0.2) is 20.9 Å². The summed E-state index contributed by atoms with van der Waals surface area (Å²) in [4.78, 5) is 26.6. The minimum absolute atomic E-state index is 0.0171. The fourth-order valence-electron chi connectivity index (χ4n) is 4.77. The Bertz CT molecular complexity index is 1110. The zero-order valence-corrected chi connectivity index (χ0v) is 17.5. The van der Waals surface area contributed by atoms with Gasteiger partial charge < -0.3 is 5.32 Å². The minimum atomic E-state index is -0.0870. The number of rotatable bonds is 3. The Balaban J connectivity index is 1.44. The van der Waals surface area contributed by atoms with Crippen LogP contribution in [0.25, 0.3) is 11.4 Å². The van der Waals surface area contributed by atoms with Gasteiger partial charge in [-0.25, -0.2) is 9.97 Å². The average Bonchev–Trinajstić information content (AvgIpc) is 3.21. The third-order valence-corrected chi connectivity index (χ3v) is 6.28. The van der Waals surface area contributed by atoms with Crippen LogP contribution in [0.4, 0.5) is 0 Å². The first-order valence-corrected chi connectivity index (χ1v) is 10.7. The molecule has 5 nitrogen and oxygen atoms in total. The normalized spacial score (nSPS) is 19.1. The monoisotopic (exact) mass is 398 g/mol. The lowest BCUT2D eigenvalue weighted by molar-refractivity contribution is 0.0919. The molecule has 1 aromatic carbocycles. The first kappa shape index (κ1) is 18.9. The van der Waals surface area contributed by atoms with Gasteiger partial charge >= 0.3 is 0 Å². The van der Waals surface area contributed by atoms with Gasteiger partial charge in [-0.1, -0.05) is 19.9 Å². The number of aromatic nitrogens is 3. The number of pyridine rings is 1. The number of benzene rings is 1. The van der Waals surface area contributed by atoms with Gasteiger partial charge in [-0.3, -0.25) is 9.78 Å². The first-order chi connectivity index (χ1) is 14.5. The molecule has 5 rings (SSSR count). The third-order valence-electron chi connectivity index (χ3n) is 6.28. The Morgan fingerprint density at radius 1 is 1.10 bits per heavy atom. The predicted octanol–water partition coefficient (Wildman–Crippen LogP) is 4.47. The van der Waals surface area contributed by atoms with Crippen molar-refractivity contribution in [3.8, 4) is 11.4 Å². The zero-order valence-electron chi connectivity index (χ0n) is 17.5. The van der Waals surface area contributed by atoms with Crippen LogP contribution >= 0.6 is 0 Å². The summed E-state index contributed by atoms with van der Waals surface area (Å²) in [7, 11) is 0. The van der Waals surface area contributed by atoms with Gasteiger partial charge in [0.05, 0.1) is 11.7 Å². The molecule has 30 heavy (non-hydrogen) atoms. The van der Waals surface area contributed by atoms with E-state index in [-0.39, 0.29) is 17.4 Å². The molecule has 0 radical (unpaired) electrons. The molecule has 3 aromatic rings. The van der Waals surface area contributed by atoms with Gasteiger partial charge in [0.2, 0.25) is 0 Å². The van der Waals surface area contributed by atoms with E-state index in [2.05, 4.69) is 41.3 Å². The molecule has 0 saturated carbocycles. The highest BCUT2D eigenvalue weighted by Crippen LogP contribution is 2.40. The van der Waals surface area contributed by atoms with Gasteiger partial charge in [0.1, 0.15) is 0 Å². The molecule has 152 valence electrons. The summed E-state index contributed by atoms with van der Waals surface area (Å²) < 4.78 is 0. The molecule has 0 aliphatic heterocycles. The number of carbonyl (C=O) groups excluding carboxylic acids is 1. The van der Waals surface area contributed by atoms with Crippen LogP contribution in [0.15, 0.2) is 48.9 Å². The van der Waals surface area contributed by atoms with E-state index in [0.717, 1.165) is 48.1 Å². The second-order valence-electron chi connectivity index (χ2n) is 9.24. The lowest BCUT2D eigenvalue weighted by Crippen LogP contribution is -2.37. The van der Waals surface area contributed by atoms with Crippen molar-refractivity contribution in [1.82, 2.24) is 20.3 Å². The molecule has 1 amide bonds. The smallest absolute Gasteiger partial charge is 0.251 e. The number of nitrogens with one attached hydrogen (secondary N) is 1. The highest BCUT2D eigenvalue weighted by molar-refractivity contribution is 5.94. The van der Waals surface area contributed by atoms with Crippen molar-refractivity contribution in [3.63, 3.8) is 0 Å². The molecule has 1 atom stereocenters. The summed E-state index contributed by atoms with van der Waals surface area (Å²) in [6.45, 7) is 4.47. The van der Waals surface area contributed by atoms with Gasteiger partial charge in [0, 0.05) is 35.3 Å². The molecule has 1 N–H and O–H groups in total. The van der Waals surface area contributed by atoms with Crippen LogP contribution in [0.3, 0.4) is 0 Å². The van der Waals surface area contributed by atoms with Crippen molar-refractivity contribution in [2.24, 2.45) is 5.41 Å². The number of carbonyl (C=O) groups is 1. The van der Waals surface area contributed by atoms with Crippen LogP contribution in [0.5, 0.6) is 0 Å². The highest BCUT2D eigenvalue weighted by Gasteiger charge is 2.34. The van der Waals surface area contributed by atoms with Gasteiger partial charge in [-0.2, -0.15) is 0 Å². The van der Waals surface area contributed by atoms with E-state index >= 15 is 0 Å². The SMILES string of the molecule is CC1(C)Cc2nc(-c3ccncc3)ncc2C(NC(=O)c2ccc3c(c2)CCC3)C1. The van der Waals surface area contributed by atoms with E-state index in [4.69, 9.17) is 4.98 Å². The maximum absolute atomic E-state index is 13.1. The molecule has 0 saturated heterocycles. The van der Waals surface area contributed by atoms with Crippen LogP contribution in [-0.2, 0) is 19.3 Å². The third kappa shape index (κ3) is 3.60. The van der Waals surface area contributed by atoms with Crippen molar-refractivity contribution in [1.29, 1.82) is 0 Å². The lowest BCUT2D eigenvalue weighted by Gasteiger charge is -2.36. The Labute approximate surface area is 177 Å². The van der Waals surface area contributed by atoms with Crippen LogP contribution < -0.4 is 5.32 Å². The quantitative estimate of drug-likeness (QED) is 0.707. The van der Waals surface area contributed by atoms with Gasteiger partial charge in [0.15, 0.2) is 5.82 Å². The summed E-state index contributed by atoms with van der Waals surface area (Å²) in [5.74, 6) is 0.689. The predicted molar refractivity (Wildman–Crippen MR) is 116 cm³/mol. The number of nitrogens with zero attached hydrogens (tertiary/aromatic N) is 3. The first-order valence-electron chi connectivity index (χ1n) is 10.7. The summed E-state index contributed by atoms with van der Waals surface area (Å²) in [5, 5.41) is 3.27. The van der Waals surface area contributed by atoms with Crippen molar-refractivity contribution < 1.29 is 4.79 Å². The van der Waals surface area contributed by atoms with Crippen molar-refractivity contribution in [2.75, 3.05) is 0 Å². The Morgan fingerprint density at radius 3 is 2.73 bits per heavy atom. The molecular weight excluding hydrogens is 372 g/mol. The highest BCUT2D eigenvalue weighted by atomic mass is 16.1. The topological polar surface area (TPSA) is 67.8 Å². The van der Waals surface area contributed by atoms with E-state index in [1.54, 1.807) is 12.4 Å². The number of hydrogen-bond donors (Lipinski definition) is 1. The average molecular weight is 399 g/mol. The van der Waals surface area contributed by atoms with Crippen LogP contribution in [0.2, 0.25) is 0 Å². The van der Waals surface area contributed by atoms with Gasteiger partial charge in [-0.05, 0) is 72.9 Å². The lowest BCUT2D eigenvalue weighted by atomic mass is 9.74. The maximum Gasteiger partial charge on any atom is 0.251 e. The molecule has 0 bridgehead atoms. The number of fused-ring (bicyclic) bond motifs is 2. The standard InChI is InChI=1S/C25H26N4O/c1-25(2)13-21-20(15-27-23(28-21)17-8-10-26-11-9-17)22(14-25)29-24(30)19-7-6-16-4-3-5-18(16)12-19/h6-12,15,22H,3-5,13-14H2,1-2H3,(H,29,30). The fraction of sp³-hybridized carbons (Fsp3) is 0.360. The largest absolute Gasteiger partial charge is 0.345 e. The Hall–Kier alpha value is -3.08. The second kappa shape index (κ2) is 7.31. The number of amides is 1. The van der Waals surface area contributed by atoms with Gasteiger partial charge in [-0.15, -0.1) is 0 Å². The zero-order chi connectivity index (χ0) is 20.7. The summed E-state index contributed by atoms with van der Waals surface area (Å²) in [5.41, 5.74) is 6.50. The summed E-state index contributed by atoms with van der Waals surface area (Å²) in [6, 6.07) is 9.88. The second-order valence-corrected chi connectivity index (χ2v) is 9.24. The molecule has 2 heterocycles. The van der Waals surface area contributed by atoms with Crippen molar-refractivity contribution in [2.45, 2.75) is 52.0 Å². The summed E-state index contributed by atoms with van der Waals surface area (Å²) in [6.07, 6.45) is 10.5. The molecule has 2 aliphatic rings. The maximum atomic E-state index is 13.1.